The predicted molar refractivity (Wildman–Crippen MR) is 157 cm³/mol. The van der Waals surface area contributed by atoms with Gasteiger partial charge in [0, 0.05) is 59.8 Å². The van der Waals surface area contributed by atoms with Crippen LogP contribution in [0.25, 0.3) is 16.9 Å². The third-order valence-electron chi connectivity index (χ3n) is 7.96. The summed E-state index contributed by atoms with van der Waals surface area (Å²) in [4.78, 5) is 30.6. The van der Waals surface area contributed by atoms with Crippen LogP contribution in [0.15, 0.2) is 71.9 Å². The number of amides is 2. The normalized spacial score (nSPS) is 16.6. The third kappa shape index (κ3) is 4.58. The van der Waals surface area contributed by atoms with Gasteiger partial charge in [0.25, 0.3) is 5.91 Å². The molecule has 6 rings (SSSR count). The van der Waals surface area contributed by atoms with Gasteiger partial charge in [-0.2, -0.15) is 10.2 Å². The van der Waals surface area contributed by atoms with Crippen molar-refractivity contribution < 1.29 is 9.59 Å². The van der Waals surface area contributed by atoms with Crippen molar-refractivity contribution in [2.75, 3.05) is 19.6 Å². The van der Waals surface area contributed by atoms with E-state index < -0.39 is 0 Å². The first kappa shape index (κ1) is 26.3. The molecule has 0 aliphatic carbocycles. The topological polar surface area (TPSA) is 87.1 Å². The number of nitrogens with zero attached hydrogens (tertiary/aromatic N) is 5. The van der Waals surface area contributed by atoms with Crippen LogP contribution in [0, 0.1) is 0 Å². The van der Waals surface area contributed by atoms with Crippen molar-refractivity contribution >= 4 is 27.7 Å². The van der Waals surface area contributed by atoms with Crippen molar-refractivity contribution in [1.82, 2.24) is 29.8 Å². The summed E-state index contributed by atoms with van der Waals surface area (Å²) >= 11 is 3.60. The van der Waals surface area contributed by atoms with Crippen LogP contribution in [0.2, 0.25) is 0 Å². The van der Waals surface area contributed by atoms with E-state index in [0.29, 0.717) is 44.0 Å². The molecule has 40 heavy (non-hydrogen) atoms. The number of rotatable bonds is 5. The highest BCUT2D eigenvalue weighted by atomic mass is 79.9. The minimum absolute atomic E-state index is 0.0724. The number of halogens is 1. The summed E-state index contributed by atoms with van der Waals surface area (Å²) in [5.74, 6) is 0.246. The van der Waals surface area contributed by atoms with E-state index in [4.69, 9.17) is 5.10 Å². The maximum Gasteiger partial charge on any atom is 0.254 e. The molecule has 0 saturated heterocycles. The van der Waals surface area contributed by atoms with E-state index in [0.717, 1.165) is 38.4 Å². The lowest BCUT2D eigenvalue weighted by molar-refractivity contribution is -0.126. The van der Waals surface area contributed by atoms with Crippen LogP contribution in [0.1, 0.15) is 58.7 Å². The average molecular weight is 600 g/mol. The molecule has 2 aliphatic heterocycles. The number of H-pyrrole nitrogens is 1. The number of nitrogens with one attached hydrogen (secondary N) is 1. The largest absolute Gasteiger partial charge is 0.336 e. The SMILES string of the molecule is C=CC(=O)N1CCc2nn(-c3ccc(C(C)C)cc3)c3c2[C@H](C1)N(C(=O)c1ccc(Br)c(-c2ccn[nH]2)c1)CC3. The standard InChI is InChI=1S/C31H31BrN6O2/c1-4-29(39)36-15-12-26-30-27(38(35-26)22-8-5-20(6-9-22)19(2)3)13-16-37(28(30)18-36)31(40)21-7-10-24(32)23(17-21)25-11-14-33-34-25/h4-11,14,17,19,28H,1,12-13,15-16,18H2,2-3H3,(H,33,34)/t28-/m0/s1. The number of hydrogen-bond acceptors (Lipinski definition) is 4. The second kappa shape index (κ2) is 10.5. The fourth-order valence-electron chi connectivity index (χ4n) is 5.82. The molecule has 9 heteroatoms. The van der Waals surface area contributed by atoms with E-state index in [1.54, 1.807) is 11.1 Å². The van der Waals surface area contributed by atoms with E-state index in [1.165, 1.54) is 11.6 Å². The quantitative estimate of drug-likeness (QED) is 0.309. The highest BCUT2D eigenvalue weighted by Crippen LogP contribution is 2.38. The van der Waals surface area contributed by atoms with E-state index in [1.807, 2.05) is 33.8 Å². The van der Waals surface area contributed by atoms with Crippen LogP contribution in [-0.4, -0.2) is 61.2 Å². The van der Waals surface area contributed by atoms with E-state index in [2.05, 4.69) is 70.8 Å². The van der Waals surface area contributed by atoms with Crippen molar-refractivity contribution in [2.24, 2.45) is 0 Å². The molecule has 0 unspecified atom stereocenters. The lowest BCUT2D eigenvalue weighted by Gasteiger charge is -2.38. The smallest absolute Gasteiger partial charge is 0.254 e. The van der Waals surface area contributed by atoms with Gasteiger partial charge in [-0.1, -0.05) is 48.5 Å². The average Bonchev–Trinajstić information content (AvgIpc) is 3.59. The van der Waals surface area contributed by atoms with Gasteiger partial charge in [0.2, 0.25) is 5.91 Å². The molecule has 2 aliphatic rings. The summed E-state index contributed by atoms with van der Waals surface area (Å²) in [6.45, 7) is 9.52. The second-order valence-corrected chi connectivity index (χ2v) is 11.5. The van der Waals surface area contributed by atoms with Crippen LogP contribution in [0.5, 0.6) is 0 Å². The molecule has 1 N–H and O–H groups in total. The predicted octanol–water partition coefficient (Wildman–Crippen LogP) is 5.46. The minimum atomic E-state index is -0.305. The molecule has 2 aromatic heterocycles. The van der Waals surface area contributed by atoms with Gasteiger partial charge in [0.05, 0.1) is 28.8 Å². The van der Waals surface area contributed by atoms with Gasteiger partial charge >= 0.3 is 0 Å². The highest BCUT2D eigenvalue weighted by molar-refractivity contribution is 9.10. The number of carbonyl (C=O) groups is 2. The van der Waals surface area contributed by atoms with Crippen molar-refractivity contribution in [3.63, 3.8) is 0 Å². The lowest BCUT2D eigenvalue weighted by Crippen LogP contribution is -2.45. The second-order valence-electron chi connectivity index (χ2n) is 10.6. The highest BCUT2D eigenvalue weighted by Gasteiger charge is 2.40. The number of carbonyl (C=O) groups excluding carboxylic acids is 2. The summed E-state index contributed by atoms with van der Waals surface area (Å²) in [6, 6.07) is 15.7. The molecular formula is C31H31BrN6O2. The number of benzene rings is 2. The summed E-state index contributed by atoms with van der Waals surface area (Å²) in [5, 5.41) is 12.1. The summed E-state index contributed by atoms with van der Waals surface area (Å²) in [7, 11) is 0. The Morgan fingerprint density at radius 3 is 2.60 bits per heavy atom. The number of aromatic amines is 1. The van der Waals surface area contributed by atoms with Crippen LogP contribution in [0.3, 0.4) is 0 Å². The Bertz CT molecular complexity index is 1590. The van der Waals surface area contributed by atoms with Crippen molar-refractivity contribution in [3.05, 3.63) is 99.9 Å². The Morgan fingerprint density at radius 1 is 1.10 bits per heavy atom. The monoisotopic (exact) mass is 598 g/mol. The van der Waals surface area contributed by atoms with Crippen LogP contribution < -0.4 is 0 Å². The number of aromatic nitrogens is 4. The summed E-state index contributed by atoms with van der Waals surface area (Å²) < 4.78 is 2.92. The first-order chi connectivity index (χ1) is 19.4. The Kier molecular flexibility index (Phi) is 6.92. The zero-order valence-electron chi connectivity index (χ0n) is 22.6. The van der Waals surface area contributed by atoms with E-state index in [9.17, 15) is 9.59 Å². The first-order valence-corrected chi connectivity index (χ1v) is 14.4. The minimum Gasteiger partial charge on any atom is -0.336 e. The van der Waals surface area contributed by atoms with Crippen LogP contribution in [0.4, 0.5) is 0 Å². The molecule has 0 bridgehead atoms. The van der Waals surface area contributed by atoms with Gasteiger partial charge in [-0.3, -0.25) is 14.7 Å². The van der Waals surface area contributed by atoms with Gasteiger partial charge in [-0.25, -0.2) is 4.68 Å². The molecule has 0 fully saturated rings. The first-order valence-electron chi connectivity index (χ1n) is 13.6. The van der Waals surface area contributed by atoms with Crippen molar-refractivity contribution in [1.29, 1.82) is 0 Å². The Labute approximate surface area is 241 Å². The lowest BCUT2D eigenvalue weighted by atomic mass is 9.94. The molecule has 2 amide bonds. The summed E-state index contributed by atoms with van der Waals surface area (Å²) in [5.41, 5.74) is 7.70. The Morgan fingerprint density at radius 2 is 1.90 bits per heavy atom. The third-order valence-corrected chi connectivity index (χ3v) is 8.66. The van der Waals surface area contributed by atoms with Gasteiger partial charge in [-0.05, 0) is 54.0 Å². The molecule has 0 radical (unpaired) electrons. The van der Waals surface area contributed by atoms with E-state index in [-0.39, 0.29) is 17.9 Å². The Hall–Kier alpha value is -3.98. The zero-order valence-corrected chi connectivity index (χ0v) is 24.2. The van der Waals surface area contributed by atoms with Crippen molar-refractivity contribution in [2.45, 2.75) is 38.6 Å². The maximum atomic E-state index is 14.1. The van der Waals surface area contributed by atoms with Gasteiger partial charge in [-0.15, -0.1) is 0 Å². The van der Waals surface area contributed by atoms with Gasteiger partial charge in [0.1, 0.15) is 0 Å². The molecule has 0 saturated carbocycles. The van der Waals surface area contributed by atoms with Gasteiger partial charge < -0.3 is 9.80 Å². The maximum absolute atomic E-state index is 14.1. The molecule has 204 valence electrons. The van der Waals surface area contributed by atoms with E-state index >= 15 is 0 Å². The van der Waals surface area contributed by atoms with Gasteiger partial charge in [0.15, 0.2) is 0 Å². The fraction of sp³-hybridized carbons (Fsp3) is 0.290. The molecule has 4 heterocycles. The molecular weight excluding hydrogens is 568 g/mol. The van der Waals surface area contributed by atoms with Crippen LogP contribution in [-0.2, 0) is 17.6 Å². The molecule has 2 aromatic carbocycles. The number of hydrogen-bond donors (Lipinski definition) is 1. The molecule has 8 nitrogen and oxygen atoms in total. The van der Waals surface area contributed by atoms with Crippen molar-refractivity contribution in [3.8, 4) is 16.9 Å². The van der Waals surface area contributed by atoms with Crippen LogP contribution >= 0.6 is 15.9 Å². The molecule has 4 aromatic rings. The molecule has 1 atom stereocenters. The fourth-order valence-corrected chi connectivity index (χ4v) is 6.28. The Balaban J connectivity index is 1.41. The molecule has 0 spiro atoms. The summed E-state index contributed by atoms with van der Waals surface area (Å²) in [6.07, 6.45) is 4.34. The zero-order chi connectivity index (χ0) is 28.0.